The van der Waals surface area contributed by atoms with Gasteiger partial charge in [0.15, 0.2) is 0 Å². The first-order valence-electron chi connectivity index (χ1n) is 6.48. The molecule has 1 aliphatic heterocycles. The number of benzene rings is 1. The van der Waals surface area contributed by atoms with Gasteiger partial charge in [-0.2, -0.15) is 0 Å². The molecule has 1 aliphatic rings. The monoisotopic (exact) mass is 226 g/mol. The molecule has 1 aromatic carbocycles. The summed E-state index contributed by atoms with van der Waals surface area (Å²) in [6, 6.07) is 10.6. The van der Waals surface area contributed by atoms with Crippen molar-refractivity contribution in [2.24, 2.45) is 0 Å². The third-order valence-electron chi connectivity index (χ3n) is 3.64. The highest BCUT2D eigenvalue weighted by molar-refractivity contribution is 5.81. The van der Waals surface area contributed by atoms with Gasteiger partial charge in [-0.15, -0.1) is 0 Å². The molecular formula is C15H18N2. The molecule has 0 spiro atoms. The van der Waals surface area contributed by atoms with E-state index in [1.165, 1.54) is 43.4 Å². The molecule has 88 valence electrons. The predicted octanol–water partition coefficient (Wildman–Crippen LogP) is 2.87. The molecule has 0 unspecified atom stereocenters. The molecule has 1 aromatic heterocycles. The first kappa shape index (κ1) is 10.7. The second kappa shape index (κ2) is 4.84. The van der Waals surface area contributed by atoms with Crippen LogP contribution >= 0.6 is 0 Å². The highest BCUT2D eigenvalue weighted by Gasteiger charge is 2.11. The number of para-hydroxylation sites is 1. The lowest BCUT2D eigenvalue weighted by Crippen LogP contribution is -2.22. The van der Waals surface area contributed by atoms with Gasteiger partial charge in [-0.25, -0.2) is 0 Å². The van der Waals surface area contributed by atoms with Crippen molar-refractivity contribution in [1.29, 1.82) is 0 Å². The molecule has 1 saturated heterocycles. The van der Waals surface area contributed by atoms with E-state index in [9.17, 15) is 0 Å². The van der Waals surface area contributed by atoms with E-state index in [4.69, 9.17) is 0 Å². The Bertz CT molecular complexity index is 496. The van der Waals surface area contributed by atoms with Gasteiger partial charge in [0.1, 0.15) is 0 Å². The molecule has 0 N–H and O–H groups in total. The van der Waals surface area contributed by atoms with Crippen LogP contribution in [0.15, 0.2) is 36.5 Å². The Balaban J connectivity index is 1.79. The molecule has 2 nitrogen and oxygen atoms in total. The Morgan fingerprint density at radius 1 is 1.06 bits per heavy atom. The van der Waals surface area contributed by atoms with Crippen LogP contribution in [-0.2, 0) is 6.42 Å². The van der Waals surface area contributed by atoms with Crippen LogP contribution in [0.3, 0.4) is 0 Å². The molecule has 0 aliphatic carbocycles. The fourth-order valence-electron chi connectivity index (χ4n) is 2.66. The lowest BCUT2D eigenvalue weighted by atomic mass is 10.1. The molecule has 17 heavy (non-hydrogen) atoms. The van der Waals surface area contributed by atoms with Crippen molar-refractivity contribution in [2.75, 3.05) is 19.6 Å². The van der Waals surface area contributed by atoms with Crippen LogP contribution in [0.25, 0.3) is 10.9 Å². The number of hydrogen-bond donors (Lipinski definition) is 0. The van der Waals surface area contributed by atoms with E-state index in [2.05, 4.69) is 40.2 Å². The van der Waals surface area contributed by atoms with E-state index >= 15 is 0 Å². The van der Waals surface area contributed by atoms with Crippen molar-refractivity contribution in [1.82, 2.24) is 9.88 Å². The average Bonchev–Trinajstić information content (AvgIpc) is 2.89. The molecule has 0 amide bonds. The van der Waals surface area contributed by atoms with Crippen molar-refractivity contribution in [3.63, 3.8) is 0 Å². The maximum atomic E-state index is 4.41. The number of likely N-dealkylation sites (tertiary alicyclic amines) is 1. The van der Waals surface area contributed by atoms with Gasteiger partial charge in [0.05, 0.1) is 5.52 Å². The summed E-state index contributed by atoms with van der Waals surface area (Å²) in [5.41, 5.74) is 2.55. The minimum Gasteiger partial charge on any atom is -0.303 e. The maximum Gasteiger partial charge on any atom is 0.0704 e. The Morgan fingerprint density at radius 3 is 2.76 bits per heavy atom. The number of aromatic nitrogens is 1. The number of rotatable bonds is 3. The SMILES string of the molecule is c1ccc2c(CCN3CCCC3)ccnc2c1. The number of pyridine rings is 1. The van der Waals surface area contributed by atoms with Crippen LogP contribution in [0.2, 0.25) is 0 Å². The normalized spacial score (nSPS) is 16.7. The Hall–Kier alpha value is -1.41. The van der Waals surface area contributed by atoms with E-state index < -0.39 is 0 Å². The molecule has 2 aromatic rings. The summed E-state index contributed by atoms with van der Waals surface area (Å²) in [7, 11) is 0. The minimum absolute atomic E-state index is 1.12. The molecule has 0 radical (unpaired) electrons. The van der Waals surface area contributed by atoms with E-state index in [0.29, 0.717) is 0 Å². The summed E-state index contributed by atoms with van der Waals surface area (Å²) in [5.74, 6) is 0. The van der Waals surface area contributed by atoms with Gasteiger partial charge < -0.3 is 4.90 Å². The lowest BCUT2D eigenvalue weighted by molar-refractivity contribution is 0.344. The zero-order valence-corrected chi connectivity index (χ0v) is 10.1. The predicted molar refractivity (Wildman–Crippen MR) is 71.1 cm³/mol. The van der Waals surface area contributed by atoms with Gasteiger partial charge in [0.2, 0.25) is 0 Å². The topological polar surface area (TPSA) is 16.1 Å². The highest BCUT2D eigenvalue weighted by atomic mass is 15.1. The standard InChI is InChI=1S/C15H18N2/c1-2-6-15-14(5-1)13(7-9-16-15)8-12-17-10-3-4-11-17/h1-2,5-7,9H,3-4,8,10-12H2. The largest absolute Gasteiger partial charge is 0.303 e. The van der Waals surface area contributed by atoms with Gasteiger partial charge in [-0.1, -0.05) is 18.2 Å². The van der Waals surface area contributed by atoms with Crippen molar-refractivity contribution in [3.05, 3.63) is 42.1 Å². The third-order valence-corrected chi connectivity index (χ3v) is 3.64. The number of fused-ring (bicyclic) bond motifs is 1. The van der Waals surface area contributed by atoms with Gasteiger partial charge >= 0.3 is 0 Å². The Labute approximate surface area is 102 Å². The van der Waals surface area contributed by atoms with Crippen molar-refractivity contribution in [2.45, 2.75) is 19.3 Å². The lowest BCUT2D eigenvalue weighted by Gasteiger charge is -2.14. The zero-order valence-electron chi connectivity index (χ0n) is 10.1. The average molecular weight is 226 g/mol. The molecular weight excluding hydrogens is 208 g/mol. The summed E-state index contributed by atoms with van der Waals surface area (Å²) in [4.78, 5) is 6.97. The van der Waals surface area contributed by atoms with Crippen LogP contribution in [0.1, 0.15) is 18.4 Å². The summed E-state index contributed by atoms with van der Waals surface area (Å²) >= 11 is 0. The second-order valence-corrected chi connectivity index (χ2v) is 4.79. The van der Waals surface area contributed by atoms with E-state index in [0.717, 1.165) is 11.9 Å². The van der Waals surface area contributed by atoms with Crippen molar-refractivity contribution >= 4 is 10.9 Å². The molecule has 0 bridgehead atoms. The van der Waals surface area contributed by atoms with Crippen LogP contribution in [-0.4, -0.2) is 29.5 Å². The van der Waals surface area contributed by atoms with Crippen molar-refractivity contribution in [3.8, 4) is 0 Å². The number of nitrogens with zero attached hydrogens (tertiary/aromatic N) is 2. The second-order valence-electron chi connectivity index (χ2n) is 4.79. The van der Waals surface area contributed by atoms with Crippen LogP contribution < -0.4 is 0 Å². The smallest absolute Gasteiger partial charge is 0.0704 e. The highest BCUT2D eigenvalue weighted by Crippen LogP contribution is 2.17. The van der Waals surface area contributed by atoms with Crippen LogP contribution in [0, 0.1) is 0 Å². The molecule has 1 fully saturated rings. The summed E-state index contributed by atoms with van der Waals surface area (Å²) in [5, 5.41) is 1.31. The quantitative estimate of drug-likeness (QED) is 0.800. The zero-order chi connectivity index (χ0) is 11.5. The van der Waals surface area contributed by atoms with E-state index in [1.807, 2.05) is 6.20 Å². The molecule has 0 atom stereocenters. The molecule has 3 rings (SSSR count). The van der Waals surface area contributed by atoms with Crippen LogP contribution in [0.5, 0.6) is 0 Å². The summed E-state index contributed by atoms with van der Waals surface area (Å²) < 4.78 is 0. The fraction of sp³-hybridized carbons (Fsp3) is 0.400. The van der Waals surface area contributed by atoms with Gasteiger partial charge in [-0.3, -0.25) is 4.98 Å². The van der Waals surface area contributed by atoms with Gasteiger partial charge in [0.25, 0.3) is 0 Å². The minimum atomic E-state index is 1.12. The molecule has 2 heteroatoms. The van der Waals surface area contributed by atoms with Gasteiger partial charge in [-0.05, 0) is 50.0 Å². The Kier molecular flexibility index (Phi) is 3.06. The first-order chi connectivity index (χ1) is 8.43. The first-order valence-corrected chi connectivity index (χ1v) is 6.48. The van der Waals surface area contributed by atoms with E-state index in [1.54, 1.807) is 0 Å². The fourth-order valence-corrected chi connectivity index (χ4v) is 2.66. The Morgan fingerprint density at radius 2 is 1.88 bits per heavy atom. The summed E-state index contributed by atoms with van der Waals surface area (Å²) in [6.07, 6.45) is 5.82. The maximum absolute atomic E-state index is 4.41. The third kappa shape index (κ3) is 2.32. The number of hydrogen-bond acceptors (Lipinski definition) is 2. The molecule has 2 heterocycles. The van der Waals surface area contributed by atoms with Crippen molar-refractivity contribution < 1.29 is 0 Å². The van der Waals surface area contributed by atoms with Crippen LogP contribution in [0.4, 0.5) is 0 Å². The summed E-state index contributed by atoms with van der Waals surface area (Å²) in [6.45, 7) is 3.75. The van der Waals surface area contributed by atoms with E-state index in [-0.39, 0.29) is 0 Å². The van der Waals surface area contributed by atoms with Gasteiger partial charge in [0, 0.05) is 18.1 Å². The molecule has 0 saturated carbocycles.